The molecule has 0 radical (unpaired) electrons. The predicted octanol–water partition coefficient (Wildman–Crippen LogP) is 3.15. The summed E-state index contributed by atoms with van der Waals surface area (Å²) in [7, 11) is -3.76. The first-order chi connectivity index (χ1) is 16.3. The van der Waals surface area contributed by atoms with Crippen LogP contribution in [0.2, 0.25) is 0 Å². The summed E-state index contributed by atoms with van der Waals surface area (Å²) in [5.41, 5.74) is 1.02. The summed E-state index contributed by atoms with van der Waals surface area (Å²) in [4.78, 5) is 25.7. The molecule has 3 aromatic carbocycles. The minimum atomic E-state index is -3.76. The van der Waals surface area contributed by atoms with Crippen molar-refractivity contribution in [1.29, 1.82) is 0 Å². The van der Waals surface area contributed by atoms with E-state index in [4.69, 9.17) is 4.74 Å². The van der Waals surface area contributed by atoms with E-state index in [9.17, 15) is 18.0 Å². The topological polar surface area (TPSA) is 105 Å². The molecule has 8 nitrogen and oxygen atoms in total. The van der Waals surface area contributed by atoms with Crippen LogP contribution >= 0.6 is 0 Å². The van der Waals surface area contributed by atoms with Gasteiger partial charge in [-0.15, -0.1) is 0 Å². The van der Waals surface area contributed by atoms with Gasteiger partial charge < -0.3 is 15.4 Å². The maximum absolute atomic E-state index is 13.0. The SMILES string of the molecule is CS(=O)(=O)N(CC(=O)Nc1ccccc1C(=O)NC[C@H]1CCCO1)c1cccc2ccccc12. The Kier molecular flexibility index (Phi) is 7.14. The second kappa shape index (κ2) is 10.2. The molecule has 2 amide bonds. The van der Waals surface area contributed by atoms with Gasteiger partial charge in [-0.05, 0) is 36.4 Å². The Hall–Kier alpha value is -3.43. The van der Waals surface area contributed by atoms with Crippen molar-refractivity contribution in [3.63, 3.8) is 0 Å². The number of nitrogens with zero attached hydrogens (tertiary/aromatic N) is 1. The average molecular weight is 482 g/mol. The molecule has 34 heavy (non-hydrogen) atoms. The molecular weight excluding hydrogens is 454 g/mol. The average Bonchev–Trinajstić information content (AvgIpc) is 3.34. The van der Waals surface area contributed by atoms with E-state index in [0.29, 0.717) is 30.1 Å². The Labute approximate surface area is 199 Å². The normalized spacial score (nSPS) is 15.7. The molecule has 178 valence electrons. The van der Waals surface area contributed by atoms with E-state index in [0.717, 1.165) is 34.2 Å². The second-order valence-electron chi connectivity index (χ2n) is 8.21. The fraction of sp³-hybridized carbons (Fsp3) is 0.280. The molecule has 4 rings (SSSR count). The van der Waals surface area contributed by atoms with Crippen molar-refractivity contribution >= 4 is 44.0 Å². The lowest BCUT2D eigenvalue weighted by molar-refractivity contribution is -0.114. The highest BCUT2D eigenvalue weighted by Gasteiger charge is 2.24. The van der Waals surface area contributed by atoms with E-state index >= 15 is 0 Å². The number of sulfonamides is 1. The summed E-state index contributed by atoms with van der Waals surface area (Å²) in [6.07, 6.45) is 2.93. The lowest BCUT2D eigenvalue weighted by atomic mass is 10.1. The van der Waals surface area contributed by atoms with Gasteiger partial charge in [0.15, 0.2) is 0 Å². The summed E-state index contributed by atoms with van der Waals surface area (Å²) < 4.78 is 31.8. The molecule has 1 heterocycles. The summed E-state index contributed by atoms with van der Waals surface area (Å²) >= 11 is 0. The molecule has 0 bridgehead atoms. The van der Waals surface area contributed by atoms with Crippen LogP contribution in [0.15, 0.2) is 66.7 Å². The molecule has 0 spiro atoms. The molecule has 0 aliphatic carbocycles. The van der Waals surface area contributed by atoms with Crippen LogP contribution < -0.4 is 14.9 Å². The van der Waals surface area contributed by atoms with Crippen LogP contribution in [0.25, 0.3) is 10.8 Å². The van der Waals surface area contributed by atoms with Crippen LogP contribution in [0.5, 0.6) is 0 Å². The van der Waals surface area contributed by atoms with Crippen molar-refractivity contribution in [3.8, 4) is 0 Å². The minimum Gasteiger partial charge on any atom is -0.376 e. The molecule has 9 heteroatoms. The molecule has 3 aromatic rings. The van der Waals surface area contributed by atoms with Gasteiger partial charge in [0.1, 0.15) is 6.54 Å². The van der Waals surface area contributed by atoms with Gasteiger partial charge >= 0.3 is 0 Å². The van der Waals surface area contributed by atoms with Crippen molar-refractivity contribution < 1.29 is 22.7 Å². The number of ether oxygens (including phenoxy) is 1. The Morgan fingerprint density at radius 2 is 1.76 bits per heavy atom. The van der Waals surface area contributed by atoms with Gasteiger partial charge in [0.2, 0.25) is 15.9 Å². The number of anilines is 2. The maximum atomic E-state index is 13.0. The first-order valence-electron chi connectivity index (χ1n) is 11.1. The number of fused-ring (bicyclic) bond motifs is 1. The molecule has 0 aromatic heterocycles. The van der Waals surface area contributed by atoms with Gasteiger partial charge in [-0.3, -0.25) is 13.9 Å². The number of hydrogen-bond acceptors (Lipinski definition) is 5. The summed E-state index contributed by atoms with van der Waals surface area (Å²) in [5, 5.41) is 7.13. The summed E-state index contributed by atoms with van der Waals surface area (Å²) in [6, 6.07) is 19.3. The Morgan fingerprint density at radius 3 is 2.53 bits per heavy atom. The van der Waals surface area contributed by atoms with Crippen molar-refractivity contribution in [1.82, 2.24) is 5.32 Å². The highest BCUT2D eigenvalue weighted by Crippen LogP contribution is 2.28. The zero-order valence-electron chi connectivity index (χ0n) is 18.9. The van der Waals surface area contributed by atoms with Crippen LogP contribution in [0.3, 0.4) is 0 Å². The largest absolute Gasteiger partial charge is 0.376 e. The maximum Gasteiger partial charge on any atom is 0.253 e. The second-order valence-corrected chi connectivity index (χ2v) is 10.1. The Balaban J connectivity index is 1.52. The highest BCUT2D eigenvalue weighted by molar-refractivity contribution is 7.92. The summed E-state index contributed by atoms with van der Waals surface area (Å²) in [5.74, 6) is -0.891. The third-order valence-corrected chi connectivity index (χ3v) is 6.81. The van der Waals surface area contributed by atoms with E-state index < -0.39 is 22.5 Å². The van der Waals surface area contributed by atoms with E-state index in [2.05, 4.69) is 10.6 Å². The molecule has 1 fully saturated rings. The van der Waals surface area contributed by atoms with Gasteiger partial charge in [-0.2, -0.15) is 0 Å². The smallest absolute Gasteiger partial charge is 0.253 e. The molecular formula is C25H27N3O5S. The molecule has 0 saturated carbocycles. The molecule has 1 atom stereocenters. The molecule has 0 unspecified atom stereocenters. The van der Waals surface area contributed by atoms with Crippen LogP contribution in [0, 0.1) is 0 Å². The van der Waals surface area contributed by atoms with Crippen molar-refractivity contribution in [3.05, 3.63) is 72.3 Å². The van der Waals surface area contributed by atoms with Crippen LogP contribution in [0.1, 0.15) is 23.2 Å². The quantitative estimate of drug-likeness (QED) is 0.514. The molecule has 1 aliphatic heterocycles. The Morgan fingerprint density at radius 1 is 1.03 bits per heavy atom. The van der Waals surface area contributed by atoms with Gasteiger partial charge in [0, 0.05) is 18.5 Å². The molecule has 2 N–H and O–H groups in total. The minimum absolute atomic E-state index is 0.00489. The number of carbonyl (C=O) groups excluding carboxylic acids is 2. The molecule has 1 aliphatic rings. The number of rotatable bonds is 8. The fourth-order valence-electron chi connectivity index (χ4n) is 4.02. The zero-order valence-corrected chi connectivity index (χ0v) is 19.7. The van der Waals surface area contributed by atoms with Crippen molar-refractivity contribution in [2.45, 2.75) is 18.9 Å². The van der Waals surface area contributed by atoms with Crippen molar-refractivity contribution in [2.24, 2.45) is 0 Å². The number of benzene rings is 3. The fourth-order valence-corrected chi connectivity index (χ4v) is 4.89. The van der Waals surface area contributed by atoms with Crippen LogP contribution in [-0.4, -0.2) is 52.3 Å². The first-order valence-corrected chi connectivity index (χ1v) is 12.9. The lowest BCUT2D eigenvalue weighted by Gasteiger charge is -2.23. The van der Waals surface area contributed by atoms with Gasteiger partial charge in [-0.25, -0.2) is 8.42 Å². The van der Waals surface area contributed by atoms with Gasteiger partial charge in [-0.1, -0.05) is 48.5 Å². The number of nitrogens with one attached hydrogen (secondary N) is 2. The highest BCUT2D eigenvalue weighted by atomic mass is 32.2. The zero-order chi connectivity index (χ0) is 24.1. The van der Waals surface area contributed by atoms with E-state index in [1.54, 1.807) is 36.4 Å². The number of para-hydroxylation sites is 1. The van der Waals surface area contributed by atoms with Gasteiger partial charge in [0.25, 0.3) is 5.91 Å². The standard InChI is InChI=1S/C25H27N3O5S/c1-34(31,32)28(23-14-6-9-18-8-2-3-11-20(18)23)17-24(29)27-22-13-5-4-12-21(22)25(30)26-16-19-10-7-15-33-19/h2-6,8-9,11-14,19H,7,10,15-17H2,1H3,(H,26,30)(H,27,29)/t19-/m1/s1. The molecule has 1 saturated heterocycles. The predicted molar refractivity (Wildman–Crippen MR) is 133 cm³/mol. The monoisotopic (exact) mass is 481 g/mol. The van der Waals surface area contributed by atoms with Crippen LogP contribution in [0.4, 0.5) is 11.4 Å². The number of amides is 2. The van der Waals surface area contributed by atoms with Crippen LogP contribution in [-0.2, 0) is 19.6 Å². The first kappa shape index (κ1) is 23.7. The van der Waals surface area contributed by atoms with E-state index in [1.165, 1.54) is 0 Å². The van der Waals surface area contributed by atoms with Crippen molar-refractivity contribution in [2.75, 3.05) is 35.6 Å². The third kappa shape index (κ3) is 5.55. The van der Waals surface area contributed by atoms with Gasteiger partial charge in [0.05, 0.1) is 29.3 Å². The number of carbonyl (C=O) groups is 2. The number of hydrogen-bond donors (Lipinski definition) is 2. The lowest BCUT2D eigenvalue weighted by Crippen LogP contribution is -2.38. The Bertz CT molecular complexity index is 1300. The third-order valence-electron chi connectivity index (χ3n) is 5.68. The van der Waals surface area contributed by atoms with E-state index in [-0.39, 0.29) is 12.0 Å². The summed E-state index contributed by atoms with van der Waals surface area (Å²) in [6.45, 7) is 0.656. The van der Waals surface area contributed by atoms with E-state index in [1.807, 2.05) is 30.3 Å².